The lowest BCUT2D eigenvalue weighted by Crippen LogP contribution is -2.29. The van der Waals surface area contributed by atoms with Gasteiger partial charge in [-0.2, -0.15) is 0 Å². The summed E-state index contributed by atoms with van der Waals surface area (Å²) in [6.45, 7) is 6.25. The SMILES string of the molecule is CN1CCc2[nH]c(=O)c(Nc3ncc4ccnc(NCC(C)(C)CO)c4n3)cc2C1. The van der Waals surface area contributed by atoms with Crippen LogP contribution in [0.25, 0.3) is 10.9 Å². The van der Waals surface area contributed by atoms with E-state index in [0.29, 0.717) is 29.5 Å². The predicted molar refractivity (Wildman–Crippen MR) is 117 cm³/mol. The van der Waals surface area contributed by atoms with Crippen LogP contribution < -0.4 is 16.2 Å². The summed E-state index contributed by atoms with van der Waals surface area (Å²) in [4.78, 5) is 31.1. The molecule has 9 nitrogen and oxygen atoms in total. The van der Waals surface area contributed by atoms with E-state index >= 15 is 0 Å². The molecule has 158 valence electrons. The maximum atomic E-state index is 12.5. The van der Waals surface area contributed by atoms with Gasteiger partial charge in [0.15, 0.2) is 5.82 Å². The van der Waals surface area contributed by atoms with Crippen molar-refractivity contribution < 1.29 is 5.11 Å². The number of nitrogens with one attached hydrogen (secondary N) is 3. The van der Waals surface area contributed by atoms with Crippen molar-refractivity contribution >= 4 is 28.4 Å². The standard InChI is InChI=1S/C21H27N7O2/c1-21(2,12-29)11-24-18-17-13(4-6-22-18)9-23-20(27-17)26-16-8-14-10-28(3)7-5-15(14)25-19(16)30/h4,6,8-9,29H,5,7,10-12H2,1-3H3,(H,22,24)(H,25,30)(H,23,26,27). The molecule has 0 spiro atoms. The zero-order chi connectivity index (χ0) is 21.3. The molecule has 0 saturated carbocycles. The lowest BCUT2D eigenvalue weighted by molar-refractivity contribution is 0.171. The average molecular weight is 409 g/mol. The number of hydrogen-bond donors (Lipinski definition) is 4. The first-order valence-electron chi connectivity index (χ1n) is 10.0. The van der Waals surface area contributed by atoms with Crippen molar-refractivity contribution in [2.24, 2.45) is 5.41 Å². The summed E-state index contributed by atoms with van der Waals surface area (Å²) >= 11 is 0. The lowest BCUT2D eigenvalue weighted by Gasteiger charge is -2.24. The van der Waals surface area contributed by atoms with Crippen molar-refractivity contribution in [3.63, 3.8) is 0 Å². The second-order valence-corrected chi connectivity index (χ2v) is 8.60. The van der Waals surface area contributed by atoms with Crippen LogP contribution in [0.4, 0.5) is 17.5 Å². The summed E-state index contributed by atoms with van der Waals surface area (Å²) in [6, 6.07) is 3.71. The van der Waals surface area contributed by atoms with E-state index in [9.17, 15) is 9.90 Å². The molecular weight excluding hydrogens is 382 g/mol. The minimum Gasteiger partial charge on any atom is -0.396 e. The minimum atomic E-state index is -0.290. The zero-order valence-electron chi connectivity index (χ0n) is 17.5. The third-order valence-electron chi connectivity index (χ3n) is 5.31. The molecule has 30 heavy (non-hydrogen) atoms. The highest BCUT2D eigenvalue weighted by Crippen LogP contribution is 2.23. The number of aromatic nitrogens is 4. The molecule has 0 fully saturated rings. The van der Waals surface area contributed by atoms with E-state index in [1.807, 2.05) is 26.0 Å². The van der Waals surface area contributed by atoms with Gasteiger partial charge in [-0.05, 0) is 24.7 Å². The Hall–Kier alpha value is -3.04. The van der Waals surface area contributed by atoms with Gasteiger partial charge < -0.3 is 25.6 Å². The van der Waals surface area contributed by atoms with Gasteiger partial charge in [0, 0.05) is 61.6 Å². The number of likely N-dealkylation sites (N-methyl/N-ethyl adjacent to an activating group) is 1. The summed E-state index contributed by atoms with van der Waals surface area (Å²) in [5.41, 5.74) is 2.69. The van der Waals surface area contributed by atoms with Crippen LogP contribution in [0.15, 0.2) is 29.3 Å². The molecule has 1 aliphatic rings. The zero-order valence-corrected chi connectivity index (χ0v) is 17.5. The third kappa shape index (κ3) is 4.27. The molecular formula is C21H27N7O2. The molecule has 0 bridgehead atoms. The number of hydrogen-bond acceptors (Lipinski definition) is 8. The monoisotopic (exact) mass is 409 g/mol. The second-order valence-electron chi connectivity index (χ2n) is 8.60. The molecule has 4 heterocycles. The summed E-state index contributed by atoms with van der Waals surface area (Å²) in [5, 5.41) is 16.6. The Balaban J connectivity index is 1.63. The molecule has 4 rings (SSSR count). The van der Waals surface area contributed by atoms with Gasteiger partial charge in [0.1, 0.15) is 11.2 Å². The molecule has 9 heteroatoms. The number of H-pyrrole nitrogens is 1. The molecule has 0 aromatic carbocycles. The molecule has 0 atom stereocenters. The Labute approximate surface area is 174 Å². The molecule has 0 radical (unpaired) electrons. The largest absolute Gasteiger partial charge is 0.396 e. The highest BCUT2D eigenvalue weighted by Gasteiger charge is 2.18. The first kappa shape index (κ1) is 20.2. The second kappa shape index (κ2) is 8.00. The van der Waals surface area contributed by atoms with Crippen molar-refractivity contribution in [1.82, 2.24) is 24.8 Å². The van der Waals surface area contributed by atoms with Gasteiger partial charge in [-0.3, -0.25) is 4.79 Å². The van der Waals surface area contributed by atoms with Gasteiger partial charge in [0.05, 0.1) is 0 Å². The summed E-state index contributed by atoms with van der Waals surface area (Å²) < 4.78 is 0. The molecule has 0 saturated heterocycles. The van der Waals surface area contributed by atoms with Crippen LogP contribution in [-0.4, -0.2) is 56.7 Å². The van der Waals surface area contributed by atoms with Crippen molar-refractivity contribution in [2.75, 3.05) is 37.4 Å². The van der Waals surface area contributed by atoms with E-state index in [-0.39, 0.29) is 17.6 Å². The smallest absolute Gasteiger partial charge is 0.271 e. The summed E-state index contributed by atoms with van der Waals surface area (Å²) in [5.74, 6) is 0.940. The van der Waals surface area contributed by atoms with Gasteiger partial charge >= 0.3 is 0 Å². The van der Waals surface area contributed by atoms with Crippen LogP contribution in [0, 0.1) is 5.41 Å². The van der Waals surface area contributed by atoms with E-state index in [0.717, 1.165) is 36.2 Å². The van der Waals surface area contributed by atoms with Gasteiger partial charge in [0.25, 0.3) is 5.56 Å². The number of rotatable bonds is 6. The van der Waals surface area contributed by atoms with E-state index in [4.69, 9.17) is 0 Å². The van der Waals surface area contributed by atoms with Crippen LogP contribution in [0.3, 0.4) is 0 Å². The lowest BCUT2D eigenvalue weighted by atomic mass is 9.95. The van der Waals surface area contributed by atoms with Crippen LogP contribution in [0.1, 0.15) is 25.1 Å². The molecule has 4 N–H and O–H groups in total. The molecule has 1 aliphatic heterocycles. The number of aliphatic hydroxyl groups excluding tert-OH is 1. The summed E-state index contributed by atoms with van der Waals surface area (Å²) in [6.07, 6.45) is 4.23. The van der Waals surface area contributed by atoms with E-state index in [1.54, 1.807) is 12.4 Å². The molecule has 0 unspecified atom stereocenters. The molecule has 3 aromatic rings. The maximum absolute atomic E-state index is 12.5. The van der Waals surface area contributed by atoms with E-state index < -0.39 is 0 Å². The van der Waals surface area contributed by atoms with E-state index in [1.165, 1.54) is 0 Å². The first-order chi connectivity index (χ1) is 14.3. The van der Waals surface area contributed by atoms with Gasteiger partial charge in [-0.25, -0.2) is 15.0 Å². The number of pyridine rings is 2. The fourth-order valence-electron chi connectivity index (χ4n) is 3.39. The fraction of sp³-hybridized carbons (Fsp3) is 0.429. The Morgan fingerprint density at radius 1 is 1.33 bits per heavy atom. The number of aromatic amines is 1. The van der Waals surface area contributed by atoms with Crippen molar-refractivity contribution in [1.29, 1.82) is 0 Å². The Bertz CT molecular complexity index is 1130. The van der Waals surface area contributed by atoms with Crippen LogP contribution >= 0.6 is 0 Å². The van der Waals surface area contributed by atoms with Gasteiger partial charge in [-0.15, -0.1) is 0 Å². The Morgan fingerprint density at radius 2 is 2.17 bits per heavy atom. The van der Waals surface area contributed by atoms with Gasteiger partial charge in [0.2, 0.25) is 5.95 Å². The average Bonchev–Trinajstić information content (AvgIpc) is 2.73. The quantitative estimate of drug-likeness (QED) is 0.487. The Morgan fingerprint density at radius 3 is 2.97 bits per heavy atom. The van der Waals surface area contributed by atoms with Crippen LogP contribution in [0.5, 0.6) is 0 Å². The number of nitrogens with zero attached hydrogens (tertiary/aromatic N) is 4. The molecule has 0 amide bonds. The topological polar surface area (TPSA) is 119 Å². The normalized spacial score (nSPS) is 14.5. The van der Waals surface area contributed by atoms with Crippen LogP contribution in [-0.2, 0) is 13.0 Å². The van der Waals surface area contributed by atoms with Gasteiger partial charge in [-0.1, -0.05) is 13.8 Å². The minimum absolute atomic E-state index is 0.0584. The van der Waals surface area contributed by atoms with E-state index in [2.05, 4.69) is 42.5 Å². The number of aliphatic hydroxyl groups is 1. The molecule has 0 aliphatic carbocycles. The van der Waals surface area contributed by atoms with Crippen molar-refractivity contribution in [3.8, 4) is 0 Å². The highest BCUT2D eigenvalue weighted by molar-refractivity contribution is 5.88. The third-order valence-corrected chi connectivity index (χ3v) is 5.31. The Kier molecular flexibility index (Phi) is 5.40. The number of anilines is 3. The highest BCUT2D eigenvalue weighted by atomic mass is 16.3. The fourth-order valence-corrected chi connectivity index (χ4v) is 3.39. The van der Waals surface area contributed by atoms with Crippen LogP contribution in [0.2, 0.25) is 0 Å². The van der Waals surface area contributed by atoms with Crippen molar-refractivity contribution in [2.45, 2.75) is 26.8 Å². The first-order valence-corrected chi connectivity index (χ1v) is 10.0. The predicted octanol–water partition coefficient (Wildman–Crippen LogP) is 1.87. The van der Waals surface area contributed by atoms with Crippen molar-refractivity contribution in [3.05, 3.63) is 46.1 Å². The molecule has 3 aromatic heterocycles. The number of fused-ring (bicyclic) bond motifs is 2. The summed E-state index contributed by atoms with van der Waals surface area (Å²) in [7, 11) is 2.06. The maximum Gasteiger partial charge on any atom is 0.271 e.